The highest BCUT2D eigenvalue weighted by Gasteiger charge is 2.21. The monoisotopic (exact) mass is 307 g/mol. The highest BCUT2D eigenvalue weighted by molar-refractivity contribution is 7.18. The number of benzene rings is 1. The molecular weight excluding hydrogens is 294 g/mol. The molecule has 2 aromatic heterocycles. The number of fused-ring (bicyclic) bond motifs is 3. The smallest absolute Gasteiger partial charge is 0.225 e. The molecule has 1 aromatic carbocycles. The maximum Gasteiger partial charge on any atom is 0.225 e. The summed E-state index contributed by atoms with van der Waals surface area (Å²) in [6.07, 6.45) is 4.99. The zero-order valence-corrected chi connectivity index (χ0v) is 12.7. The lowest BCUT2D eigenvalue weighted by molar-refractivity contribution is 0.297. The second-order valence-corrected chi connectivity index (χ2v) is 6.40. The van der Waals surface area contributed by atoms with Gasteiger partial charge in [0, 0.05) is 4.88 Å². The summed E-state index contributed by atoms with van der Waals surface area (Å²) in [5.74, 6) is 0.659. The van der Waals surface area contributed by atoms with Crippen molar-refractivity contribution in [3.8, 4) is 11.9 Å². The van der Waals surface area contributed by atoms with Gasteiger partial charge in [0.25, 0.3) is 0 Å². The fraction of sp³-hybridized carbons (Fsp3) is 0.235. The van der Waals surface area contributed by atoms with Crippen molar-refractivity contribution in [3.05, 3.63) is 52.2 Å². The predicted molar refractivity (Wildman–Crippen MR) is 84.9 cm³/mol. The van der Waals surface area contributed by atoms with E-state index in [-0.39, 0.29) is 0 Å². The number of rotatable bonds is 3. The number of ether oxygens (including phenoxy) is 1. The number of nitriles is 1. The second kappa shape index (κ2) is 5.39. The third-order valence-corrected chi connectivity index (χ3v) is 5.10. The van der Waals surface area contributed by atoms with E-state index in [0.717, 1.165) is 28.6 Å². The van der Waals surface area contributed by atoms with Crippen molar-refractivity contribution >= 4 is 21.6 Å². The average Bonchev–Trinajstić information content (AvgIpc) is 3.13. The second-order valence-electron chi connectivity index (χ2n) is 5.32. The van der Waals surface area contributed by atoms with E-state index in [1.54, 1.807) is 23.7 Å². The van der Waals surface area contributed by atoms with E-state index in [1.807, 2.05) is 18.2 Å². The van der Waals surface area contributed by atoms with E-state index >= 15 is 0 Å². The summed E-state index contributed by atoms with van der Waals surface area (Å²) in [6, 6.07) is 9.60. The van der Waals surface area contributed by atoms with Crippen molar-refractivity contribution in [1.82, 2.24) is 9.97 Å². The molecule has 4 nitrogen and oxygen atoms in total. The highest BCUT2D eigenvalue weighted by Crippen LogP contribution is 2.39. The number of nitrogens with zero attached hydrogens (tertiary/aromatic N) is 3. The van der Waals surface area contributed by atoms with Gasteiger partial charge in [0.1, 0.15) is 17.8 Å². The zero-order valence-electron chi connectivity index (χ0n) is 11.9. The van der Waals surface area contributed by atoms with E-state index in [0.29, 0.717) is 18.1 Å². The van der Waals surface area contributed by atoms with Gasteiger partial charge in [-0.1, -0.05) is 12.1 Å². The summed E-state index contributed by atoms with van der Waals surface area (Å²) >= 11 is 1.75. The van der Waals surface area contributed by atoms with Crippen LogP contribution in [0.15, 0.2) is 30.6 Å². The first-order valence-corrected chi connectivity index (χ1v) is 8.04. The van der Waals surface area contributed by atoms with Crippen molar-refractivity contribution in [2.45, 2.75) is 25.9 Å². The van der Waals surface area contributed by atoms with Gasteiger partial charge in [-0.25, -0.2) is 9.97 Å². The first-order valence-electron chi connectivity index (χ1n) is 7.22. The van der Waals surface area contributed by atoms with Crippen LogP contribution in [-0.2, 0) is 19.4 Å². The molecule has 108 valence electrons. The number of hydrogen-bond acceptors (Lipinski definition) is 5. The van der Waals surface area contributed by atoms with Crippen LogP contribution in [-0.4, -0.2) is 9.97 Å². The molecule has 0 radical (unpaired) electrons. The van der Waals surface area contributed by atoms with Crippen LogP contribution in [0.1, 0.15) is 28.0 Å². The molecule has 1 aliphatic carbocycles. The summed E-state index contributed by atoms with van der Waals surface area (Å²) < 4.78 is 5.93. The zero-order chi connectivity index (χ0) is 14.9. The molecule has 0 N–H and O–H groups in total. The van der Waals surface area contributed by atoms with Gasteiger partial charge in [0.2, 0.25) is 5.88 Å². The lowest BCUT2D eigenvalue weighted by atomic mass is 10.1. The summed E-state index contributed by atoms with van der Waals surface area (Å²) in [6.45, 7) is 0.409. The van der Waals surface area contributed by atoms with Crippen molar-refractivity contribution in [3.63, 3.8) is 0 Å². The molecule has 22 heavy (non-hydrogen) atoms. The molecule has 0 spiro atoms. The van der Waals surface area contributed by atoms with E-state index in [9.17, 15) is 0 Å². The van der Waals surface area contributed by atoms with Crippen molar-refractivity contribution < 1.29 is 4.74 Å². The van der Waals surface area contributed by atoms with Gasteiger partial charge in [0.15, 0.2) is 0 Å². The van der Waals surface area contributed by atoms with Crippen LogP contribution in [0, 0.1) is 11.3 Å². The summed E-state index contributed by atoms with van der Waals surface area (Å²) in [5.41, 5.74) is 2.98. The molecule has 3 aromatic rings. The van der Waals surface area contributed by atoms with Crippen LogP contribution in [0.3, 0.4) is 0 Å². The first-order chi connectivity index (χ1) is 10.8. The van der Waals surface area contributed by atoms with Crippen molar-refractivity contribution in [2.75, 3.05) is 0 Å². The van der Waals surface area contributed by atoms with E-state index < -0.39 is 0 Å². The third kappa shape index (κ3) is 2.22. The van der Waals surface area contributed by atoms with Crippen LogP contribution >= 0.6 is 11.3 Å². The minimum absolute atomic E-state index is 0.409. The Morgan fingerprint density at radius 2 is 2.23 bits per heavy atom. The van der Waals surface area contributed by atoms with Gasteiger partial charge in [-0.2, -0.15) is 5.26 Å². The predicted octanol–water partition coefficient (Wildman–Crippen LogP) is 3.63. The molecule has 0 fully saturated rings. The van der Waals surface area contributed by atoms with Gasteiger partial charge < -0.3 is 4.74 Å². The fourth-order valence-electron chi connectivity index (χ4n) is 2.89. The van der Waals surface area contributed by atoms with Gasteiger partial charge >= 0.3 is 0 Å². The van der Waals surface area contributed by atoms with E-state index in [4.69, 9.17) is 10.00 Å². The van der Waals surface area contributed by atoms with Crippen LogP contribution in [0.25, 0.3) is 10.2 Å². The Bertz CT molecular complexity index is 895. The number of hydrogen-bond donors (Lipinski definition) is 0. The van der Waals surface area contributed by atoms with Crippen LogP contribution < -0.4 is 4.74 Å². The molecule has 0 bridgehead atoms. The van der Waals surface area contributed by atoms with Gasteiger partial charge in [-0.05, 0) is 42.5 Å². The molecule has 0 saturated carbocycles. The number of aryl methyl sites for hydroxylation is 2. The topological polar surface area (TPSA) is 58.8 Å². The first kappa shape index (κ1) is 13.2. The Hall–Kier alpha value is -2.45. The van der Waals surface area contributed by atoms with Crippen LogP contribution in [0.2, 0.25) is 0 Å². The van der Waals surface area contributed by atoms with Crippen LogP contribution in [0.4, 0.5) is 0 Å². The molecule has 0 amide bonds. The molecule has 0 atom stereocenters. The summed E-state index contributed by atoms with van der Waals surface area (Å²) in [4.78, 5) is 11.1. The Morgan fingerprint density at radius 1 is 1.27 bits per heavy atom. The average molecular weight is 307 g/mol. The Balaban J connectivity index is 1.66. The maximum atomic E-state index is 8.96. The van der Waals surface area contributed by atoms with Gasteiger partial charge in [-0.15, -0.1) is 11.3 Å². The number of aromatic nitrogens is 2. The minimum atomic E-state index is 0.409. The molecule has 0 saturated heterocycles. The third-order valence-electron chi connectivity index (χ3n) is 3.90. The lowest BCUT2D eigenvalue weighted by Crippen LogP contribution is -1.99. The lowest BCUT2D eigenvalue weighted by Gasteiger charge is -2.07. The normalized spacial score (nSPS) is 13.0. The Kier molecular flexibility index (Phi) is 3.24. The van der Waals surface area contributed by atoms with Gasteiger partial charge in [0.05, 0.1) is 17.0 Å². The van der Waals surface area contributed by atoms with Crippen LogP contribution in [0.5, 0.6) is 5.88 Å². The Morgan fingerprint density at radius 3 is 3.14 bits per heavy atom. The molecule has 1 aliphatic rings. The minimum Gasteiger partial charge on any atom is -0.472 e. The molecular formula is C17H13N3OS. The van der Waals surface area contributed by atoms with Crippen molar-refractivity contribution in [2.24, 2.45) is 0 Å². The van der Waals surface area contributed by atoms with E-state index in [2.05, 4.69) is 16.0 Å². The molecule has 4 rings (SSSR count). The van der Waals surface area contributed by atoms with Gasteiger partial charge in [-0.3, -0.25) is 0 Å². The molecule has 0 unspecified atom stereocenters. The molecule has 5 heteroatoms. The molecule has 2 heterocycles. The Labute approximate surface area is 132 Å². The van der Waals surface area contributed by atoms with Crippen molar-refractivity contribution in [1.29, 1.82) is 5.26 Å². The van der Waals surface area contributed by atoms with E-state index in [1.165, 1.54) is 16.9 Å². The molecule has 0 aliphatic heterocycles. The largest absolute Gasteiger partial charge is 0.472 e. The standard InChI is InChI=1S/C17H13N3OS/c18-8-11-3-1-4-12(7-11)9-21-16-15-13-5-2-6-14(13)22-17(15)20-10-19-16/h1,3-4,7,10H,2,5-6,9H2. The fourth-order valence-corrected chi connectivity index (χ4v) is 4.11. The quantitative estimate of drug-likeness (QED) is 0.741. The summed E-state index contributed by atoms with van der Waals surface area (Å²) in [7, 11) is 0. The summed E-state index contributed by atoms with van der Waals surface area (Å²) in [5, 5.41) is 10.0. The highest BCUT2D eigenvalue weighted by atomic mass is 32.1. The maximum absolute atomic E-state index is 8.96. The SMILES string of the molecule is N#Cc1cccc(COc2ncnc3sc4c(c23)CCC4)c1. The number of thiophene rings is 1.